The summed E-state index contributed by atoms with van der Waals surface area (Å²) in [5, 5.41) is 11.0. The molecule has 0 spiro atoms. The lowest BCUT2D eigenvalue weighted by atomic mass is 10.1. The molecule has 1 unspecified atom stereocenters. The summed E-state index contributed by atoms with van der Waals surface area (Å²) >= 11 is 0. The monoisotopic (exact) mass is 473 g/mol. The fourth-order valence-corrected chi connectivity index (χ4v) is 4.51. The minimum absolute atomic E-state index is 0.0732. The number of carbonyl (C=O) groups excluding carboxylic acids is 1. The van der Waals surface area contributed by atoms with Gasteiger partial charge in [-0.05, 0) is 35.9 Å². The molecular weight excluding hydrogens is 448 g/mol. The number of ether oxygens (including phenoxy) is 4. The van der Waals surface area contributed by atoms with E-state index in [9.17, 15) is 14.7 Å². The van der Waals surface area contributed by atoms with Crippen molar-refractivity contribution in [2.45, 2.75) is 4.90 Å². The zero-order chi connectivity index (χ0) is 24.0. The third kappa shape index (κ3) is 5.43. The molecular formula is C24H25O8S+. The number of aromatic hydroxyl groups is 1. The summed E-state index contributed by atoms with van der Waals surface area (Å²) in [6, 6.07) is 10.2. The number of benzene rings is 2. The number of esters is 1. The van der Waals surface area contributed by atoms with Gasteiger partial charge in [-0.2, -0.15) is 0 Å². The first kappa shape index (κ1) is 24.1. The van der Waals surface area contributed by atoms with Gasteiger partial charge in [-0.25, -0.2) is 9.59 Å². The van der Waals surface area contributed by atoms with E-state index in [1.165, 1.54) is 27.4 Å². The summed E-state index contributed by atoms with van der Waals surface area (Å²) in [4.78, 5) is 24.7. The summed E-state index contributed by atoms with van der Waals surface area (Å²) in [7, 11) is 3.84. The largest absolute Gasteiger partial charge is 0.503 e. The Hall–Kier alpha value is -3.59. The van der Waals surface area contributed by atoms with Gasteiger partial charge in [-0.1, -0.05) is 12.1 Å². The quantitative estimate of drug-likeness (QED) is 0.218. The maximum Gasteiger partial charge on any atom is 0.396 e. The van der Waals surface area contributed by atoms with Crippen LogP contribution in [0.1, 0.15) is 5.56 Å². The highest BCUT2D eigenvalue weighted by molar-refractivity contribution is 7.96. The second-order valence-electron chi connectivity index (χ2n) is 6.86. The summed E-state index contributed by atoms with van der Waals surface area (Å²) in [6.45, 7) is 0.0732. The van der Waals surface area contributed by atoms with Crippen molar-refractivity contribution in [3.63, 3.8) is 0 Å². The molecule has 0 radical (unpaired) electrons. The average molecular weight is 474 g/mol. The van der Waals surface area contributed by atoms with E-state index in [2.05, 4.69) is 0 Å². The molecule has 1 atom stereocenters. The van der Waals surface area contributed by atoms with Crippen LogP contribution in [0.3, 0.4) is 0 Å². The van der Waals surface area contributed by atoms with E-state index in [0.717, 1.165) is 0 Å². The number of fused-ring (bicyclic) bond motifs is 1. The van der Waals surface area contributed by atoms with Crippen LogP contribution in [-0.2, 0) is 20.4 Å². The third-order valence-corrected chi connectivity index (χ3v) is 6.66. The van der Waals surface area contributed by atoms with Gasteiger partial charge in [0.2, 0.25) is 5.75 Å². The highest BCUT2D eigenvalue weighted by atomic mass is 32.2. The lowest BCUT2D eigenvalue weighted by Crippen LogP contribution is -2.20. The smallest absolute Gasteiger partial charge is 0.396 e. The van der Waals surface area contributed by atoms with E-state index < -0.39 is 22.5 Å². The van der Waals surface area contributed by atoms with Gasteiger partial charge in [0.15, 0.2) is 17.2 Å². The standard InChI is InChI=1S/C24H24O8S/c1-28-18-13-15(14-19(29-2)22(18)30-3)9-10-20(25)31-11-12-33(4)23-21(26)16-7-5-6-8-17(16)32-24(23)27/h5-10,13-14H,11-12H2,1-4H3/p+1/b10-9+. The van der Waals surface area contributed by atoms with Crippen LogP contribution < -0.4 is 19.8 Å². The summed E-state index contributed by atoms with van der Waals surface area (Å²) in [5.74, 6) is 1.11. The Bertz CT molecular complexity index is 1210. The van der Waals surface area contributed by atoms with Crippen LogP contribution in [0.4, 0.5) is 0 Å². The highest BCUT2D eigenvalue weighted by Gasteiger charge is 2.28. The molecule has 8 nitrogen and oxygen atoms in total. The van der Waals surface area contributed by atoms with Crippen LogP contribution in [0.15, 0.2) is 56.6 Å². The van der Waals surface area contributed by atoms with Gasteiger partial charge in [0, 0.05) is 17.0 Å². The van der Waals surface area contributed by atoms with Crippen molar-refractivity contribution < 1.29 is 33.3 Å². The van der Waals surface area contributed by atoms with E-state index >= 15 is 0 Å². The van der Waals surface area contributed by atoms with Crippen molar-refractivity contribution >= 4 is 33.9 Å². The van der Waals surface area contributed by atoms with E-state index in [1.54, 1.807) is 48.7 Å². The molecule has 174 valence electrons. The number of carbonyl (C=O) groups is 1. The molecule has 3 aromatic rings. The molecule has 0 aliphatic heterocycles. The van der Waals surface area contributed by atoms with Crippen molar-refractivity contribution in [2.24, 2.45) is 0 Å². The molecule has 0 aliphatic rings. The molecule has 0 bridgehead atoms. The first-order valence-electron chi connectivity index (χ1n) is 9.91. The van der Waals surface area contributed by atoms with Crippen molar-refractivity contribution in [1.82, 2.24) is 0 Å². The predicted octanol–water partition coefficient (Wildman–Crippen LogP) is 3.39. The zero-order valence-corrected chi connectivity index (χ0v) is 19.6. The molecule has 1 N–H and O–H groups in total. The van der Waals surface area contributed by atoms with E-state index in [0.29, 0.717) is 39.5 Å². The Labute approximate surface area is 193 Å². The van der Waals surface area contributed by atoms with E-state index in [-0.39, 0.29) is 17.3 Å². The number of rotatable bonds is 9. The molecule has 0 saturated heterocycles. The van der Waals surface area contributed by atoms with E-state index in [1.807, 2.05) is 0 Å². The maximum atomic E-state index is 12.3. The second kappa shape index (κ2) is 10.8. The Balaban J connectivity index is 1.64. The molecule has 3 rings (SSSR count). The number of methoxy groups -OCH3 is 3. The second-order valence-corrected chi connectivity index (χ2v) is 8.95. The SMILES string of the molecule is COc1cc(/C=C/C(=O)OCC[S+](C)c2c(O)c3ccccc3oc2=O)cc(OC)c1OC. The van der Waals surface area contributed by atoms with Gasteiger partial charge in [-0.15, -0.1) is 0 Å². The van der Waals surface area contributed by atoms with E-state index in [4.69, 9.17) is 23.4 Å². The lowest BCUT2D eigenvalue weighted by Gasteiger charge is -2.12. The zero-order valence-electron chi connectivity index (χ0n) is 18.7. The van der Waals surface area contributed by atoms with Gasteiger partial charge < -0.3 is 28.5 Å². The topological polar surface area (TPSA) is 104 Å². The van der Waals surface area contributed by atoms with Crippen LogP contribution in [0.25, 0.3) is 17.0 Å². The predicted molar refractivity (Wildman–Crippen MR) is 127 cm³/mol. The third-order valence-electron chi connectivity index (χ3n) is 4.83. The van der Waals surface area contributed by atoms with Crippen LogP contribution in [-0.4, -0.2) is 51.0 Å². The summed E-state index contributed by atoms with van der Waals surface area (Å²) in [6.07, 6.45) is 4.65. The number of hydrogen-bond acceptors (Lipinski definition) is 8. The Morgan fingerprint density at radius 2 is 1.76 bits per heavy atom. The van der Waals surface area contributed by atoms with Crippen LogP contribution >= 0.6 is 0 Å². The Kier molecular flexibility index (Phi) is 7.89. The van der Waals surface area contributed by atoms with Crippen molar-refractivity contribution in [3.8, 4) is 23.0 Å². The lowest BCUT2D eigenvalue weighted by molar-refractivity contribution is -0.137. The Morgan fingerprint density at radius 3 is 2.39 bits per heavy atom. The fourth-order valence-electron chi connectivity index (χ4n) is 3.20. The number of hydrogen-bond donors (Lipinski definition) is 1. The highest BCUT2D eigenvalue weighted by Crippen LogP contribution is 2.38. The van der Waals surface area contributed by atoms with Crippen LogP contribution in [0.2, 0.25) is 0 Å². The average Bonchev–Trinajstić information content (AvgIpc) is 2.81. The van der Waals surface area contributed by atoms with Crippen LogP contribution in [0.5, 0.6) is 23.0 Å². The molecule has 0 amide bonds. The maximum absolute atomic E-state index is 12.3. The summed E-state index contributed by atoms with van der Waals surface area (Å²) in [5.41, 5.74) is 0.394. The first-order valence-corrected chi connectivity index (χ1v) is 11.7. The normalized spacial score (nSPS) is 12.0. The molecule has 33 heavy (non-hydrogen) atoms. The minimum atomic E-state index is -0.686. The molecule has 1 aromatic heterocycles. The van der Waals surface area contributed by atoms with Gasteiger partial charge in [0.05, 0.1) is 26.7 Å². The van der Waals surface area contributed by atoms with Gasteiger partial charge in [0.1, 0.15) is 24.2 Å². The van der Waals surface area contributed by atoms with Crippen molar-refractivity contribution in [3.05, 3.63) is 58.5 Å². The van der Waals surface area contributed by atoms with Crippen molar-refractivity contribution in [1.29, 1.82) is 0 Å². The van der Waals surface area contributed by atoms with Gasteiger partial charge in [-0.3, -0.25) is 0 Å². The van der Waals surface area contributed by atoms with Gasteiger partial charge >= 0.3 is 11.6 Å². The fraction of sp³-hybridized carbons (Fsp3) is 0.250. The van der Waals surface area contributed by atoms with Crippen molar-refractivity contribution in [2.75, 3.05) is 39.9 Å². The Morgan fingerprint density at radius 1 is 1.09 bits per heavy atom. The molecule has 2 aromatic carbocycles. The molecule has 1 heterocycles. The first-order chi connectivity index (χ1) is 15.9. The minimum Gasteiger partial charge on any atom is -0.503 e. The van der Waals surface area contributed by atoms with Crippen LogP contribution in [0, 0.1) is 0 Å². The summed E-state index contributed by atoms with van der Waals surface area (Å²) < 4.78 is 26.4. The molecule has 9 heteroatoms. The molecule has 0 saturated carbocycles. The number of para-hydroxylation sites is 1. The molecule has 0 aliphatic carbocycles. The van der Waals surface area contributed by atoms with Gasteiger partial charge in [0.25, 0.3) is 4.90 Å². The molecule has 0 fully saturated rings.